The molecular weight excluding hydrogens is 1060 g/mol. The Hall–Kier alpha value is -5.14. The van der Waals surface area contributed by atoms with E-state index in [9.17, 15) is 0 Å². The molecule has 280 valence electrons. The minimum atomic E-state index is -1.16. The van der Waals surface area contributed by atoms with Crippen molar-refractivity contribution in [1.82, 2.24) is 19.9 Å². The van der Waals surface area contributed by atoms with E-state index in [1.165, 1.54) is 0 Å². The number of fused-ring (bicyclic) bond motifs is 24. The van der Waals surface area contributed by atoms with E-state index in [0.717, 1.165) is 90.1 Å². The molecule has 16 bridgehead atoms. The van der Waals surface area contributed by atoms with Crippen LogP contribution in [0.15, 0.2) is 146 Å². The fourth-order valence-corrected chi connectivity index (χ4v) is 8.18. The summed E-state index contributed by atoms with van der Waals surface area (Å²) in [7, 11) is 0. The van der Waals surface area contributed by atoms with Crippen molar-refractivity contribution in [1.29, 1.82) is 0 Å². The van der Waals surface area contributed by atoms with Gasteiger partial charge in [-0.15, -0.1) is 142 Å². The Kier molecular flexibility index (Phi) is 9.96. The minimum absolute atomic E-state index is 0. The van der Waals surface area contributed by atoms with Gasteiger partial charge < -0.3 is 0 Å². The first-order valence-electron chi connectivity index (χ1n) is 18.7. The second-order valence-electron chi connectivity index (χ2n) is 15.5. The summed E-state index contributed by atoms with van der Waals surface area (Å²) in [5, 5.41) is 0. The van der Waals surface area contributed by atoms with Crippen molar-refractivity contribution in [3.63, 3.8) is 0 Å². The molecule has 6 heterocycles. The molecule has 10 rings (SSSR count). The Bertz CT molecular complexity index is 2430. The molecule has 8 aromatic rings. The summed E-state index contributed by atoms with van der Waals surface area (Å²) < 4.78 is 0. The van der Waals surface area contributed by atoms with Gasteiger partial charge in [-0.1, -0.05) is 76.2 Å². The molecule has 0 N–H and O–H groups in total. The molecule has 0 saturated carbocycles. The zero-order valence-corrected chi connectivity index (χ0v) is 36.3. The van der Waals surface area contributed by atoms with Crippen LogP contribution in [0.5, 0.6) is 0 Å². The molecule has 0 unspecified atom stereocenters. The molecule has 0 aliphatic carbocycles. The maximum atomic E-state index is 5.54. The molecule has 1 spiro atoms. The van der Waals surface area contributed by atoms with Crippen molar-refractivity contribution in [2.45, 2.75) is 43.9 Å². The van der Waals surface area contributed by atoms with Gasteiger partial charge in [0.15, 0.2) is 0 Å². The summed E-state index contributed by atoms with van der Waals surface area (Å²) in [6, 6.07) is 65.2. The summed E-state index contributed by atoms with van der Waals surface area (Å²) in [6.45, 7) is 8.89. The predicted octanol–water partition coefficient (Wildman–Crippen LogP) is 10.8. The van der Waals surface area contributed by atoms with Crippen LogP contribution in [0, 0.1) is 24.3 Å². The third kappa shape index (κ3) is 6.30. The fraction of sp³-hybridized carbons (Fsp3) is 0.137. The molecule has 57 heavy (non-hydrogen) atoms. The zero-order valence-electron chi connectivity index (χ0n) is 31.8. The molecule has 0 atom stereocenters. The molecule has 0 saturated heterocycles. The second-order valence-corrected chi connectivity index (χ2v) is 15.5. The number of hydrogen-bond acceptors (Lipinski definition) is 4. The first-order valence-corrected chi connectivity index (χ1v) is 18.7. The predicted molar refractivity (Wildman–Crippen MR) is 217 cm³/mol. The molecule has 0 fully saturated rings. The Balaban J connectivity index is 0.00000228. The van der Waals surface area contributed by atoms with Crippen LogP contribution >= 0.6 is 0 Å². The SMILES string of the molecule is CC1(C)c2[c-]c(ccc2)-c2cccc(n2)C2(c3cccc(n3)-c3[c-]c1ccc3)c1cccc(n1)-c1[c-]c(ccc1)C(C)(C)c1[c-]c(ccc1)-c1cccc2n1.[Pt+2].[Pt+2]. The largest absolute Gasteiger partial charge is 2.00 e. The molecule has 2 aliphatic rings. The van der Waals surface area contributed by atoms with Gasteiger partial charge in [-0.25, -0.2) is 0 Å². The summed E-state index contributed by atoms with van der Waals surface area (Å²) in [4.78, 5) is 22.2. The molecular formula is C51H36N4Pt2. The van der Waals surface area contributed by atoms with Gasteiger partial charge in [0.2, 0.25) is 0 Å². The topological polar surface area (TPSA) is 51.6 Å². The zero-order chi connectivity index (χ0) is 37.4. The van der Waals surface area contributed by atoms with Crippen molar-refractivity contribution >= 4 is 0 Å². The van der Waals surface area contributed by atoms with Crippen LogP contribution in [-0.2, 0) is 58.4 Å². The van der Waals surface area contributed by atoms with Crippen molar-refractivity contribution in [3.8, 4) is 45.0 Å². The fourth-order valence-electron chi connectivity index (χ4n) is 8.18. The van der Waals surface area contributed by atoms with Gasteiger partial charge in [0.25, 0.3) is 0 Å². The maximum absolute atomic E-state index is 5.54. The van der Waals surface area contributed by atoms with Crippen LogP contribution in [-0.4, -0.2) is 19.9 Å². The van der Waals surface area contributed by atoms with Gasteiger partial charge in [0, 0.05) is 0 Å². The average Bonchev–Trinajstić information content (AvgIpc) is 3.24. The first kappa shape index (κ1) is 38.7. The summed E-state index contributed by atoms with van der Waals surface area (Å²) in [5.74, 6) is 0. The Morgan fingerprint density at radius 3 is 0.789 bits per heavy atom. The number of aromatic nitrogens is 4. The standard InChI is InChI=1S/C51H36N4.2Pt/c1-49(2)37-17-5-13-33(29-37)41-21-9-25-45(52-41)51(46-26-10-22-42(53-46)34-14-6-18-38(49)30-34)47-27-11-23-43(54-47)35-15-7-19-39(31-35)50(3,4)40-20-8-16-36(32-40)44-24-12-28-48(51)55-44;;/h5-28H,1-4H3;;/q-4;2*+2. The second kappa shape index (κ2) is 14.7. The van der Waals surface area contributed by atoms with Crippen LogP contribution in [0.2, 0.25) is 0 Å². The smallest absolute Gasteiger partial charge is 0.299 e. The molecule has 2 aliphatic heterocycles. The van der Waals surface area contributed by atoms with E-state index in [2.05, 4.69) is 198 Å². The monoisotopic (exact) mass is 1090 g/mol. The average molecular weight is 1100 g/mol. The van der Waals surface area contributed by atoms with Gasteiger partial charge in [0.05, 0.1) is 22.8 Å². The van der Waals surface area contributed by atoms with Gasteiger partial charge in [-0.05, 0) is 57.9 Å². The summed E-state index contributed by atoms with van der Waals surface area (Å²) in [5.41, 5.74) is 12.2. The summed E-state index contributed by atoms with van der Waals surface area (Å²) >= 11 is 0. The van der Waals surface area contributed by atoms with E-state index in [1.807, 2.05) is 0 Å². The first-order chi connectivity index (χ1) is 26.7. The third-order valence-electron chi connectivity index (χ3n) is 11.5. The van der Waals surface area contributed by atoms with E-state index in [-0.39, 0.29) is 53.0 Å². The number of nitrogens with zero attached hydrogens (tertiary/aromatic N) is 4. The molecule has 0 radical (unpaired) electrons. The van der Waals surface area contributed by atoms with Gasteiger partial charge in [-0.2, -0.15) is 0 Å². The minimum Gasteiger partial charge on any atom is -0.299 e. The van der Waals surface area contributed by atoms with E-state index < -0.39 is 5.41 Å². The van der Waals surface area contributed by atoms with E-state index >= 15 is 0 Å². The van der Waals surface area contributed by atoms with Crippen LogP contribution in [0.25, 0.3) is 45.0 Å². The van der Waals surface area contributed by atoms with Crippen molar-refractivity contribution in [3.05, 3.63) is 215 Å². The number of hydrogen-bond donors (Lipinski definition) is 0. The van der Waals surface area contributed by atoms with Gasteiger partial charge >= 0.3 is 42.1 Å². The molecule has 0 amide bonds. The number of pyridine rings is 4. The molecule has 6 heteroatoms. The Morgan fingerprint density at radius 2 is 0.544 bits per heavy atom. The molecule has 4 aromatic carbocycles. The Labute approximate surface area is 363 Å². The van der Waals surface area contributed by atoms with Crippen LogP contribution in [0.1, 0.15) is 72.7 Å². The molecule has 4 aromatic heterocycles. The van der Waals surface area contributed by atoms with E-state index in [1.54, 1.807) is 0 Å². The van der Waals surface area contributed by atoms with Crippen molar-refractivity contribution in [2.24, 2.45) is 0 Å². The quantitative estimate of drug-likeness (QED) is 0.142. The van der Waals surface area contributed by atoms with E-state index in [4.69, 9.17) is 19.9 Å². The molecule has 4 nitrogen and oxygen atoms in total. The number of rotatable bonds is 0. The van der Waals surface area contributed by atoms with E-state index in [0.29, 0.717) is 0 Å². The maximum Gasteiger partial charge on any atom is 2.00 e. The van der Waals surface area contributed by atoms with Gasteiger partial charge in [-0.3, -0.25) is 19.9 Å². The van der Waals surface area contributed by atoms with Crippen LogP contribution < -0.4 is 0 Å². The van der Waals surface area contributed by atoms with Crippen molar-refractivity contribution < 1.29 is 42.1 Å². The summed E-state index contributed by atoms with van der Waals surface area (Å²) in [6.07, 6.45) is 0. The normalized spacial score (nSPS) is 14.8. The van der Waals surface area contributed by atoms with Crippen LogP contribution in [0.3, 0.4) is 0 Å². The Morgan fingerprint density at radius 1 is 0.316 bits per heavy atom. The van der Waals surface area contributed by atoms with Crippen molar-refractivity contribution in [2.75, 3.05) is 0 Å². The third-order valence-corrected chi connectivity index (χ3v) is 11.5. The van der Waals surface area contributed by atoms with Crippen LogP contribution in [0.4, 0.5) is 0 Å². The van der Waals surface area contributed by atoms with Gasteiger partial charge in [0.1, 0.15) is 5.41 Å². The number of benzene rings is 4.